The van der Waals surface area contributed by atoms with E-state index in [0.717, 1.165) is 5.56 Å². The van der Waals surface area contributed by atoms with Crippen LogP contribution in [-0.4, -0.2) is 13.7 Å². The minimum atomic E-state index is -0.00752. The fourth-order valence-electron chi connectivity index (χ4n) is 2.42. The van der Waals surface area contributed by atoms with E-state index < -0.39 is 0 Å². The molecule has 0 saturated carbocycles. The van der Waals surface area contributed by atoms with Crippen molar-refractivity contribution in [3.63, 3.8) is 0 Å². The average molecular weight is 324 g/mol. The Hall–Kier alpha value is -1.22. The number of aryl methyl sites for hydroxylation is 1. The number of nitrogens with one attached hydrogen (secondary N) is 1. The Bertz CT molecular complexity index is 628. The summed E-state index contributed by atoms with van der Waals surface area (Å²) in [6.45, 7) is 4.56. The van der Waals surface area contributed by atoms with Gasteiger partial charge in [-0.1, -0.05) is 47.5 Å². The fraction of sp³-hybridized carbons (Fsp3) is 0.294. The molecule has 0 aromatic heterocycles. The van der Waals surface area contributed by atoms with Gasteiger partial charge in [0, 0.05) is 11.1 Å². The zero-order valence-corrected chi connectivity index (χ0v) is 13.9. The van der Waals surface area contributed by atoms with Gasteiger partial charge in [0.15, 0.2) is 0 Å². The molecule has 0 radical (unpaired) electrons. The van der Waals surface area contributed by atoms with Crippen LogP contribution in [0.1, 0.15) is 29.7 Å². The third-order valence-electron chi connectivity index (χ3n) is 3.45. The highest BCUT2D eigenvalue weighted by Gasteiger charge is 2.19. The lowest BCUT2D eigenvalue weighted by molar-refractivity contribution is 0.340. The van der Waals surface area contributed by atoms with Gasteiger partial charge in [-0.05, 0) is 43.7 Å². The van der Waals surface area contributed by atoms with Gasteiger partial charge in [0.2, 0.25) is 0 Å². The molecule has 0 bridgehead atoms. The van der Waals surface area contributed by atoms with Crippen LogP contribution in [-0.2, 0) is 0 Å². The van der Waals surface area contributed by atoms with Crippen molar-refractivity contribution in [3.05, 3.63) is 63.1 Å². The molecule has 4 heteroatoms. The minimum absolute atomic E-state index is 0.00752. The predicted octanol–water partition coefficient (Wildman–Crippen LogP) is 5.01. The van der Waals surface area contributed by atoms with Gasteiger partial charge in [0.25, 0.3) is 0 Å². The first-order valence-electron chi connectivity index (χ1n) is 6.93. The second kappa shape index (κ2) is 7.17. The Morgan fingerprint density at radius 3 is 2.43 bits per heavy atom. The van der Waals surface area contributed by atoms with Gasteiger partial charge in [0.05, 0.1) is 17.7 Å². The molecule has 0 aliphatic rings. The summed E-state index contributed by atoms with van der Waals surface area (Å²) in [5.74, 6) is 0.618. The van der Waals surface area contributed by atoms with Crippen LogP contribution < -0.4 is 10.1 Å². The highest BCUT2D eigenvalue weighted by Crippen LogP contribution is 2.36. The topological polar surface area (TPSA) is 21.3 Å². The maximum Gasteiger partial charge on any atom is 0.139 e. The molecule has 21 heavy (non-hydrogen) atoms. The molecule has 1 unspecified atom stereocenters. The van der Waals surface area contributed by atoms with Crippen LogP contribution in [0.25, 0.3) is 0 Å². The van der Waals surface area contributed by atoms with E-state index >= 15 is 0 Å². The molecule has 0 aliphatic carbocycles. The standard InChI is InChI=1S/C17H19Cl2NO/c1-4-21-16-10-14(18)13(9-15(16)19)17(20-3)12-8-6-5-7-11(12)2/h5-10,17,20H,4H2,1-3H3. The number of hydrogen-bond acceptors (Lipinski definition) is 2. The first-order chi connectivity index (χ1) is 10.1. The van der Waals surface area contributed by atoms with E-state index in [1.807, 2.05) is 32.2 Å². The lowest BCUT2D eigenvalue weighted by atomic mass is 9.95. The number of benzene rings is 2. The van der Waals surface area contributed by atoms with Crippen LogP contribution in [0.3, 0.4) is 0 Å². The first-order valence-corrected chi connectivity index (χ1v) is 7.68. The van der Waals surface area contributed by atoms with E-state index in [4.69, 9.17) is 27.9 Å². The average Bonchev–Trinajstić information content (AvgIpc) is 2.46. The van der Waals surface area contributed by atoms with Crippen LogP contribution in [0.4, 0.5) is 0 Å². The molecule has 0 aliphatic heterocycles. The van der Waals surface area contributed by atoms with Gasteiger partial charge in [-0.15, -0.1) is 0 Å². The molecule has 0 spiro atoms. The van der Waals surface area contributed by atoms with Gasteiger partial charge in [-0.3, -0.25) is 0 Å². The molecular weight excluding hydrogens is 305 g/mol. The summed E-state index contributed by atoms with van der Waals surface area (Å²) in [7, 11) is 1.91. The zero-order valence-electron chi connectivity index (χ0n) is 12.4. The van der Waals surface area contributed by atoms with Gasteiger partial charge in [-0.25, -0.2) is 0 Å². The van der Waals surface area contributed by atoms with Crippen LogP contribution in [0.5, 0.6) is 5.75 Å². The Morgan fingerprint density at radius 1 is 1.10 bits per heavy atom. The Morgan fingerprint density at radius 2 is 1.81 bits per heavy atom. The maximum absolute atomic E-state index is 6.43. The second-order valence-corrected chi connectivity index (χ2v) is 5.63. The minimum Gasteiger partial charge on any atom is -0.492 e. The Kier molecular flexibility index (Phi) is 5.51. The van der Waals surface area contributed by atoms with Crippen LogP contribution >= 0.6 is 23.2 Å². The van der Waals surface area contributed by atoms with E-state index in [0.29, 0.717) is 22.4 Å². The third kappa shape index (κ3) is 3.52. The molecule has 1 N–H and O–H groups in total. The molecule has 2 nitrogen and oxygen atoms in total. The smallest absolute Gasteiger partial charge is 0.139 e. The molecule has 2 aromatic rings. The van der Waals surface area contributed by atoms with Gasteiger partial charge < -0.3 is 10.1 Å². The summed E-state index contributed by atoms with van der Waals surface area (Å²) in [5, 5.41) is 4.53. The molecular formula is C17H19Cl2NO. The third-order valence-corrected chi connectivity index (χ3v) is 4.07. The molecule has 0 fully saturated rings. The molecule has 0 saturated heterocycles. The van der Waals surface area contributed by atoms with Crippen molar-refractivity contribution >= 4 is 23.2 Å². The fourth-order valence-corrected chi connectivity index (χ4v) is 2.91. The molecule has 2 aromatic carbocycles. The van der Waals surface area contributed by atoms with E-state index in [-0.39, 0.29) is 6.04 Å². The molecule has 1 atom stereocenters. The van der Waals surface area contributed by atoms with Crippen molar-refractivity contribution in [2.75, 3.05) is 13.7 Å². The van der Waals surface area contributed by atoms with Crippen molar-refractivity contribution in [1.29, 1.82) is 0 Å². The molecule has 0 amide bonds. The lowest BCUT2D eigenvalue weighted by Crippen LogP contribution is -2.19. The normalized spacial score (nSPS) is 12.2. The van der Waals surface area contributed by atoms with Crippen molar-refractivity contribution < 1.29 is 4.74 Å². The van der Waals surface area contributed by atoms with Crippen molar-refractivity contribution in [1.82, 2.24) is 5.32 Å². The largest absolute Gasteiger partial charge is 0.492 e. The summed E-state index contributed by atoms with van der Waals surface area (Å²) in [4.78, 5) is 0. The lowest BCUT2D eigenvalue weighted by Gasteiger charge is -2.21. The maximum atomic E-state index is 6.43. The zero-order chi connectivity index (χ0) is 15.4. The van der Waals surface area contributed by atoms with Gasteiger partial charge in [-0.2, -0.15) is 0 Å². The summed E-state index contributed by atoms with van der Waals surface area (Å²) in [6.07, 6.45) is 0. The molecule has 2 rings (SSSR count). The van der Waals surface area contributed by atoms with E-state index in [1.165, 1.54) is 11.1 Å². The SMILES string of the molecule is CCOc1cc(Cl)c(C(NC)c2ccccc2C)cc1Cl. The highest BCUT2D eigenvalue weighted by atomic mass is 35.5. The highest BCUT2D eigenvalue weighted by molar-refractivity contribution is 6.34. The van der Waals surface area contributed by atoms with Crippen molar-refractivity contribution in [2.24, 2.45) is 0 Å². The van der Waals surface area contributed by atoms with Gasteiger partial charge in [0.1, 0.15) is 5.75 Å². The quantitative estimate of drug-likeness (QED) is 0.835. The summed E-state index contributed by atoms with van der Waals surface area (Å²) >= 11 is 12.7. The number of rotatable bonds is 5. The van der Waals surface area contributed by atoms with E-state index in [2.05, 4.69) is 24.4 Å². The first kappa shape index (κ1) is 16.2. The second-order valence-electron chi connectivity index (χ2n) is 4.82. The summed E-state index contributed by atoms with van der Waals surface area (Å²) in [5.41, 5.74) is 3.34. The summed E-state index contributed by atoms with van der Waals surface area (Å²) < 4.78 is 5.48. The molecule has 112 valence electrons. The van der Waals surface area contributed by atoms with Crippen LogP contribution in [0, 0.1) is 6.92 Å². The van der Waals surface area contributed by atoms with E-state index in [1.54, 1.807) is 6.07 Å². The van der Waals surface area contributed by atoms with Crippen molar-refractivity contribution in [3.8, 4) is 5.75 Å². The number of hydrogen-bond donors (Lipinski definition) is 1. The van der Waals surface area contributed by atoms with Gasteiger partial charge >= 0.3 is 0 Å². The number of ether oxygens (including phenoxy) is 1. The van der Waals surface area contributed by atoms with Crippen LogP contribution in [0.15, 0.2) is 36.4 Å². The van der Waals surface area contributed by atoms with E-state index in [9.17, 15) is 0 Å². The molecule has 0 heterocycles. The summed E-state index contributed by atoms with van der Waals surface area (Å²) in [6, 6.07) is 11.9. The predicted molar refractivity (Wildman–Crippen MR) is 89.7 cm³/mol. The Balaban J connectivity index is 2.48. The Labute approximate surface area is 136 Å². The van der Waals surface area contributed by atoms with Crippen LogP contribution in [0.2, 0.25) is 10.0 Å². The number of halogens is 2. The monoisotopic (exact) mass is 323 g/mol. The van der Waals surface area contributed by atoms with Crippen molar-refractivity contribution in [2.45, 2.75) is 19.9 Å².